The molecule has 1 aromatic carbocycles. The Morgan fingerprint density at radius 1 is 1.20 bits per heavy atom. The standard InChI is InChI=1S/C13H14ClN3O2S/c1-15-9-10-4-6-11(7-5-10)20(18,19)17-13-12(14)3-2-8-16-13/h2-8,15H,9H2,1H3,(H,16,17). The number of halogens is 1. The monoisotopic (exact) mass is 311 g/mol. The predicted molar refractivity (Wildman–Crippen MR) is 79.3 cm³/mol. The summed E-state index contributed by atoms with van der Waals surface area (Å²) >= 11 is 5.89. The van der Waals surface area contributed by atoms with Crippen LogP contribution in [-0.2, 0) is 16.6 Å². The molecule has 2 N–H and O–H groups in total. The number of nitrogens with one attached hydrogen (secondary N) is 2. The van der Waals surface area contributed by atoms with Gasteiger partial charge in [-0.1, -0.05) is 23.7 Å². The van der Waals surface area contributed by atoms with Crippen LogP contribution in [0.5, 0.6) is 0 Å². The molecule has 20 heavy (non-hydrogen) atoms. The second-order valence-electron chi connectivity index (χ2n) is 4.11. The molecule has 106 valence electrons. The fourth-order valence-electron chi connectivity index (χ4n) is 1.64. The molecule has 5 nitrogen and oxygen atoms in total. The number of rotatable bonds is 5. The fraction of sp³-hybridized carbons (Fsp3) is 0.154. The first-order valence-corrected chi connectivity index (χ1v) is 7.76. The van der Waals surface area contributed by atoms with Gasteiger partial charge in [0, 0.05) is 12.7 Å². The zero-order chi connectivity index (χ0) is 14.6. The zero-order valence-electron chi connectivity index (χ0n) is 10.8. The van der Waals surface area contributed by atoms with E-state index in [0.29, 0.717) is 6.54 Å². The van der Waals surface area contributed by atoms with Gasteiger partial charge in [-0.2, -0.15) is 0 Å². The molecule has 0 aliphatic carbocycles. The highest BCUT2D eigenvalue weighted by Crippen LogP contribution is 2.21. The van der Waals surface area contributed by atoms with Crippen molar-refractivity contribution < 1.29 is 8.42 Å². The molecule has 0 fully saturated rings. The summed E-state index contributed by atoms with van der Waals surface area (Å²) in [4.78, 5) is 4.07. The van der Waals surface area contributed by atoms with E-state index in [-0.39, 0.29) is 15.7 Å². The lowest BCUT2D eigenvalue weighted by Crippen LogP contribution is -2.14. The van der Waals surface area contributed by atoms with E-state index in [1.54, 1.807) is 36.4 Å². The quantitative estimate of drug-likeness (QED) is 0.888. The minimum absolute atomic E-state index is 0.119. The Labute approximate surface area is 123 Å². The van der Waals surface area contributed by atoms with Crippen molar-refractivity contribution in [2.45, 2.75) is 11.4 Å². The van der Waals surface area contributed by atoms with Crippen molar-refractivity contribution in [1.82, 2.24) is 10.3 Å². The molecule has 0 atom stereocenters. The third-order valence-electron chi connectivity index (χ3n) is 2.60. The lowest BCUT2D eigenvalue weighted by atomic mass is 10.2. The van der Waals surface area contributed by atoms with E-state index >= 15 is 0 Å². The van der Waals surface area contributed by atoms with E-state index in [0.717, 1.165) is 5.56 Å². The molecule has 2 rings (SSSR count). The van der Waals surface area contributed by atoms with E-state index in [2.05, 4.69) is 15.0 Å². The highest BCUT2D eigenvalue weighted by atomic mass is 35.5. The third-order valence-corrected chi connectivity index (χ3v) is 4.26. The molecule has 0 radical (unpaired) electrons. The highest BCUT2D eigenvalue weighted by molar-refractivity contribution is 7.92. The summed E-state index contributed by atoms with van der Waals surface area (Å²) in [5.41, 5.74) is 1.00. The van der Waals surface area contributed by atoms with Gasteiger partial charge in [-0.25, -0.2) is 13.4 Å². The third kappa shape index (κ3) is 3.47. The van der Waals surface area contributed by atoms with Gasteiger partial charge in [0.1, 0.15) is 0 Å². The van der Waals surface area contributed by atoms with Gasteiger partial charge in [-0.3, -0.25) is 4.72 Å². The molecule has 1 aromatic heterocycles. The van der Waals surface area contributed by atoms with E-state index in [1.165, 1.54) is 6.20 Å². The summed E-state index contributed by atoms with van der Waals surface area (Å²) in [7, 11) is -1.86. The lowest BCUT2D eigenvalue weighted by Gasteiger charge is -2.09. The Morgan fingerprint density at radius 3 is 2.50 bits per heavy atom. The second-order valence-corrected chi connectivity index (χ2v) is 6.20. The molecule has 2 aromatic rings. The number of anilines is 1. The smallest absolute Gasteiger partial charge is 0.263 e. The van der Waals surface area contributed by atoms with Gasteiger partial charge in [0.05, 0.1) is 9.92 Å². The summed E-state index contributed by atoms with van der Waals surface area (Å²) in [5.74, 6) is 0.119. The first-order valence-electron chi connectivity index (χ1n) is 5.90. The van der Waals surface area contributed by atoms with Crippen LogP contribution in [0.2, 0.25) is 5.02 Å². The number of hydrogen-bond donors (Lipinski definition) is 2. The highest BCUT2D eigenvalue weighted by Gasteiger charge is 2.16. The van der Waals surface area contributed by atoms with Crippen molar-refractivity contribution in [2.24, 2.45) is 0 Å². The van der Waals surface area contributed by atoms with Crippen molar-refractivity contribution in [2.75, 3.05) is 11.8 Å². The maximum Gasteiger partial charge on any atom is 0.263 e. The minimum Gasteiger partial charge on any atom is -0.316 e. The van der Waals surface area contributed by atoms with Crippen LogP contribution in [0, 0.1) is 0 Å². The van der Waals surface area contributed by atoms with Crippen LogP contribution < -0.4 is 10.0 Å². The molecule has 7 heteroatoms. The Balaban J connectivity index is 2.24. The van der Waals surface area contributed by atoms with E-state index in [1.807, 2.05) is 7.05 Å². The Morgan fingerprint density at radius 2 is 1.90 bits per heavy atom. The summed E-state index contributed by atoms with van der Waals surface area (Å²) in [6, 6.07) is 9.81. The molecule has 0 spiro atoms. The topological polar surface area (TPSA) is 71.1 Å². The van der Waals surface area contributed by atoms with Gasteiger partial charge in [-0.15, -0.1) is 0 Å². The molecule has 0 amide bonds. The van der Waals surface area contributed by atoms with Crippen LogP contribution in [0.25, 0.3) is 0 Å². The van der Waals surface area contributed by atoms with Gasteiger partial charge in [0.2, 0.25) is 0 Å². The molecular formula is C13H14ClN3O2S. The van der Waals surface area contributed by atoms with E-state index < -0.39 is 10.0 Å². The van der Waals surface area contributed by atoms with Gasteiger partial charge in [0.15, 0.2) is 5.82 Å². The number of aromatic nitrogens is 1. The van der Waals surface area contributed by atoms with Gasteiger partial charge >= 0.3 is 0 Å². The first-order chi connectivity index (χ1) is 9.53. The molecule has 0 unspecified atom stereocenters. The largest absolute Gasteiger partial charge is 0.316 e. The van der Waals surface area contributed by atoms with Crippen LogP contribution in [0.1, 0.15) is 5.56 Å². The molecule has 0 saturated carbocycles. The number of nitrogens with zero attached hydrogens (tertiary/aromatic N) is 1. The van der Waals surface area contributed by atoms with Crippen LogP contribution >= 0.6 is 11.6 Å². The number of hydrogen-bond acceptors (Lipinski definition) is 4. The number of benzene rings is 1. The molecule has 0 aliphatic heterocycles. The normalized spacial score (nSPS) is 11.3. The van der Waals surface area contributed by atoms with Gasteiger partial charge in [-0.05, 0) is 36.9 Å². The lowest BCUT2D eigenvalue weighted by molar-refractivity contribution is 0.601. The number of sulfonamides is 1. The Hall–Kier alpha value is -1.63. The van der Waals surface area contributed by atoms with Crippen LogP contribution in [-0.4, -0.2) is 20.4 Å². The van der Waals surface area contributed by atoms with Crippen LogP contribution in [0.15, 0.2) is 47.5 Å². The fourth-order valence-corrected chi connectivity index (χ4v) is 2.89. The van der Waals surface area contributed by atoms with Crippen LogP contribution in [0.4, 0.5) is 5.82 Å². The number of pyridine rings is 1. The Bertz CT molecular complexity index is 687. The molecule has 0 bridgehead atoms. The summed E-state index contributed by atoms with van der Waals surface area (Å²) in [5, 5.41) is 3.25. The maximum atomic E-state index is 12.2. The molecule has 0 aliphatic rings. The van der Waals surface area contributed by atoms with Crippen LogP contribution in [0.3, 0.4) is 0 Å². The summed E-state index contributed by atoms with van der Waals surface area (Å²) in [6.07, 6.45) is 1.47. The predicted octanol–water partition coefficient (Wildman–Crippen LogP) is 2.26. The summed E-state index contributed by atoms with van der Waals surface area (Å²) < 4.78 is 26.8. The summed E-state index contributed by atoms with van der Waals surface area (Å²) in [6.45, 7) is 0.680. The van der Waals surface area contributed by atoms with Crippen molar-refractivity contribution in [3.05, 3.63) is 53.2 Å². The van der Waals surface area contributed by atoms with Crippen molar-refractivity contribution >= 4 is 27.4 Å². The average Bonchev–Trinajstić information content (AvgIpc) is 2.42. The minimum atomic E-state index is -3.68. The van der Waals surface area contributed by atoms with Gasteiger partial charge < -0.3 is 5.32 Å². The van der Waals surface area contributed by atoms with Crippen molar-refractivity contribution in [1.29, 1.82) is 0 Å². The SMILES string of the molecule is CNCc1ccc(S(=O)(=O)Nc2ncccc2Cl)cc1. The maximum absolute atomic E-state index is 12.2. The first kappa shape index (κ1) is 14.8. The molecular weight excluding hydrogens is 298 g/mol. The van der Waals surface area contributed by atoms with E-state index in [9.17, 15) is 8.42 Å². The second kappa shape index (κ2) is 6.21. The average molecular weight is 312 g/mol. The van der Waals surface area contributed by atoms with Crippen molar-refractivity contribution in [3.63, 3.8) is 0 Å². The van der Waals surface area contributed by atoms with Crippen molar-refractivity contribution in [3.8, 4) is 0 Å². The zero-order valence-corrected chi connectivity index (χ0v) is 12.4. The Kier molecular flexibility index (Phi) is 4.59. The molecule has 0 saturated heterocycles. The molecule has 1 heterocycles. The van der Waals surface area contributed by atoms with E-state index in [4.69, 9.17) is 11.6 Å². The van der Waals surface area contributed by atoms with Gasteiger partial charge in [0.25, 0.3) is 10.0 Å².